The van der Waals surface area contributed by atoms with Gasteiger partial charge in [0.15, 0.2) is 0 Å². The number of alkyl halides is 3. The molecule has 0 bridgehead atoms. The van der Waals surface area contributed by atoms with Gasteiger partial charge in [0.05, 0.1) is 4.92 Å². The molecule has 0 atom stereocenters. The molecule has 1 aliphatic carbocycles. The number of halogens is 3. The van der Waals surface area contributed by atoms with Crippen LogP contribution in [0.25, 0.3) is 0 Å². The lowest BCUT2D eigenvalue weighted by Gasteiger charge is -2.41. The Labute approximate surface area is 194 Å². The third-order valence-corrected chi connectivity index (χ3v) is 6.22. The number of ether oxygens (including phenoxy) is 1. The normalized spacial score (nSPS) is 20.9. The zero-order valence-corrected chi connectivity index (χ0v) is 18.4. The van der Waals surface area contributed by atoms with E-state index < -0.39 is 11.3 Å². The second-order valence-electron chi connectivity index (χ2n) is 8.49. The molecular formula is C22H26F3N6O3. The number of rotatable bonds is 9. The highest BCUT2D eigenvalue weighted by Crippen LogP contribution is 2.31. The molecule has 2 fully saturated rings. The number of anilines is 2. The van der Waals surface area contributed by atoms with Crippen molar-refractivity contribution in [2.75, 3.05) is 30.3 Å². The zero-order chi connectivity index (χ0) is 24.1. The van der Waals surface area contributed by atoms with Crippen LogP contribution >= 0.6 is 0 Å². The first-order valence-electron chi connectivity index (χ1n) is 11.2. The van der Waals surface area contributed by atoms with Crippen LogP contribution in [0, 0.1) is 22.5 Å². The molecule has 2 heterocycles. The number of likely N-dealkylation sites (tertiary alicyclic amines) is 1. The first kappa shape index (κ1) is 24.0. The lowest BCUT2D eigenvalue weighted by molar-refractivity contribution is -0.384. The maximum absolute atomic E-state index is 12.6. The summed E-state index contributed by atoms with van der Waals surface area (Å²) in [5, 5.41) is 17.3. The van der Waals surface area contributed by atoms with Crippen molar-refractivity contribution in [2.24, 2.45) is 5.92 Å². The van der Waals surface area contributed by atoms with E-state index in [1.807, 2.05) is 0 Å². The first-order chi connectivity index (χ1) is 16.3. The number of para-hydroxylation sites is 1. The molecule has 0 amide bonds. The molecule has 9 nitrogen and oxygen atoms in total. The summed E-state index contributed by atoms with van der Waals surface area (Å²) in [4.78, 5) is 21.5. The molecule has 1 saturated carbocycles. The van der Waals surface area contributed by atoms with E-state index in [2.05, 4.69) is 36.7 Å². The smallest absolute Gasteiger partial charge is 0.405 e. The summed E-state index contributed by atoms with van der Waals surface area (Å²) in [6, 6.07) is 6.33. The second-order valence-corrected chi connectivity index (χ2v) is 8.49. The van der Waals surface area contributed by atoms with Gasteiger partial charge in [0.1, 0.15) is 11.9 Å². The Hall–Kier alpha value is -3.15. The van der Waals surface area contributed by atoms with E-state index in [4.69, 9.17) is 0 Å². The lowest BCUT2D eigenvalue weighted by Crippen LogP contribution is -2.47. The van der Waals surface area contributed by atoms with Crippen LogP contribution in [-0.2, 0) is 6.54 Å². The Kier molecular flexibility index (Phi) is 7.35. The number of benzene rings is 1. The first-order valence-corrected chi connectivity index (χ1v) is 11.2. The van der Waals surface area contributed by atoms with Gasteiger partial charge in [-0.05, 0) is 44.1 Å². The molecule has 2 aliphatic rings. The van der Waals surface area contributed by atoms with Crippen molar-refractivity contribution in [1.29, 1.82) is 0 Å². The van der Waals surface area contributed by atoms with Gasteiger partial charge in [0.2, 0.25) is 11.8 Å². The van der Waals surface area contributed by atoms with E-state index in [0.717, 1.165) is 45.0 Å². The summed E-state index contributed by atoms with van der Waals surface area (Å²) in [6.07, 6.45) is 2.82. The molecule has 1 radical (unpaired) electrons. The molecule has 0 spiro atoms. The van der Waals surface area contributed by atoms with Crippen molar-refractivity contribution in [1.82, 2.24) is 14.9 Å². The van der Waals surface area contributed by atoms with E-state index in [1.54, 1.807) is 6.07 Å². The Bertz CT molecular complexity index is 994. The monoisotopic (exact) mass is 479 g/mol. The Morgan fingerprint density at radius 1 is 1.15 bits per heavy atom. The summed E-state index contributed by atoms with van der Waals surface area (Å²) in [7, 11) is 0. The Morgan fingerprint density at radius 3 is 2.53 bits per heavy atom. The summed E-state index contributed by atoms with van der Waals surface area (Å²) in [5.41, 5.74) is -0.0102. The van der Waals surface area contributed by atoms with Crippen LogP contribution in [0.2, 0.25) is 0 Å². The molecule has 1 aromatic carbocycles. The van der Waals surface area contributed by atoms with Gasteiger partial charge in [0.25, 0.3) is 0 Å². The second kappa shape index (κ2) is 10.4. The lowest BCUT2D eigenvalue weighted by atomic mass is 9.84. The molecule has 1 aliphatic heterocycles. The number of aromatic nitrogens is 2. The van der Waals surface area contributed by atoms with E-state index in [0.29, 0.717) is 18.5 Å². The fraction of sp³-hybridized carbons (Fsp3) is 0.500. The van der Waals surface area contributed by atoms with Gasteiger partial charge in [-0.15, -0.1) is 13.2 Å². The minimum atomic E-state index is -4.82. The fourth-order valence-corrected chi connectivity index (χ4v) is 4.30. The van der Waals surface area contributed by atoms with Crippen molar-refractivity contribution in [3.05, 3.63) is 52.6 Å². The van der Waals surface area contributed by atoms with E-state index in [1.165, 1.54) is 18.2 Å². The Balaban J connectivity index is 1.37. The van der Waals surface area contributed by atoms with Gasteiger partial charge >= 0.3 is 12.0 Å². The quantitative estimate of drug-likeness (QED) is 0.403. The largest absolute Gasteiger partial charge is 0.573 e. The van der Waals surface area contributed by atoms with Crippen LogP contribution in [0.3, 0.4) is 0 Å². The highest BCUT2D eigenvalue weighted by molar-refractivity contribution is 5.57. The molecule has 34 heavy (non-hydrogen) atoms. The molecular weight excluding hydrogens is 453 g/mol. The van der Waals surface area contributed by atoms with Crippen molar-refractivity contribution < 1.29 is 22.8 Å². The SMILES string of the molecule is O=[N+]([O-])c1cnc(NCc2ccccc2OC(F)(F)F)nc1NC[C@H]1CC[C@H](N2C[CH]C2)CC1. The predicted octanol–water partition coefficient (Wildman–Crippen LogP) is 4.39. The van der Waals surface area contributed by atoms with Gasteiger partial charge in [0, 0.05) is 37.8 Å². The van der Waals surface area contributed by atoms with Crippen molar-refractivity contribution in [3.63, 3.8) is 0 Å². The zero-order valence-electron chi connectivity index (χ0n) is 18.4. The summed E-state index contributed by atoms with van der Waals surface area (Å²) in [5.74, 6) is 0.197. The summed E-state index contributed by atoms with van der Waals surface area (Å²) in [6.45, 7) is 2.62. The number of hydrogen-bond acceptors (Lipinski definition) is 8. The van der Waals surface area contributed by atoms with Crippen molar-refractivity contribution in [2.45, 2.75) is 44.6 Å². The standard InChI is InChI=1S/C22H26F3N6O3/c23-22(24,25)34-19-5-2-1-4-16(19)13-27-21-28-14-18(31(32)33)20(29-21)26-12-15-6-8-17(9-7-15)30-10-3-11-30/h1-5,14-15,17H,6-13H2,(H2,26,27,28,29)/t15-,17-. The minimum Gasteiger partial charge on any atom is -0.405 e. The van der Waals surface area contributed by atoms with Crippen LogP contribution in [0.5, 0.6) is 5.75 Å². The van der Waals surface area contributed by atoms with Gasteiger partial charge in [-0.1, -0.05) is 18.2 Å². The van der Waals surface area contributed by atoms with Crippen LogP contribution < -0.4 is 15.4 Å². The summed E-state index contributed by atoms with van der Waals surface area (Å²) >= 11 is 0. The third-order valence-electron chi connectivity index (χ3n) is 6.22. The maximum Gasteiger partial charge on any atom is 0.573 e. The molecule has 0 unspecified atom stereocenters. The van der Waals surface area contributed by atoms with Gasteiger partial charge in [-0.3, -0.25) is 15.0 Å². The number of nitrogens with zero attached hydrogens (tertiary/aromatic N) is 4. The molecule has 1 aromatic heterocycles. The number of nitro groups is 1. The molecule has 2 aromatic rings. The number of nitrogens with one attached hydrogen (secondary N) is 2. The average molecular weight is 479 g/mol. The minimum absolute atomic E-state index is 0.0541. The van der Waals surface area contributed by atoms with Crippen molar-refractivity contribution in [3.8, 4) is 5.75 Å². The van der Waals surface area contributed by atoms with E-state index in [9.17, 15) is 23.3 Å². The average Bonchev–Trinajstić information content (AvgIpc) is 2.76. The molecule has 183 valence electrons. The van der Waals surface area contributed by atoms with Crippen LogP contribution in [0.15, 0.2) is 30.5 Å². The predicted molar refractivity (Wildman–Crippen MR) is 119 cm³/mol. The van der Waals surface area contributed by atoms with Crippen molar-refractivity contribution >= 4 is 17.5 Å². The van der Waals surface area contributed by atoms with Crippen LogP contribution in [0.1, 0.15) is 31.2 Å². The highest BCUT2D eigenvalue weighted by atomic mass is 19.4. The van der Waals surface area contributed by atoms with Crippen LogP contribution in [-0.4, -0.2) is 51.8 Å². The molecule has 1 saturated heterocycles. The number of hydrogen-bond donors (Lipinski definition) is 2. The molecule has 2 N–H and O–H groups in total. The van der Waals surface area contributed by atoms with Gasteiger partial charge in [-0.25, -0.2) is 4.98 Å². The molecule has 4 rings (SSSR count). The summed E-state index contributed by atoms with van der Waals surface area (Å²) < 4.78 is 42.0. The Morgan fingerprint density at radius 2 is 1.88 bits per heavy atom. The van der Waals surface area contributed by atoms with Gasteiger partial charge < -0.3 is 15.4 Å². The topological polar surface area (TPSA) is 105 Å². The van der Waals surface area contributed by atoms with E-state index in [-0.39, 0.29) is 35.3 Å². The fourth-order valence-electron chi connectivity index (χ4n) is 4.30. The van der Waals surface area contributed by atoms with Crippen LogP contribution in [0.4, 0.5) is 30.6 Å². The van der Waals surface area contributed by atoms with Gasteiger partial charge in [-0.2, -0.15) is 4.98 Å². The molecule has 12 heteroatoms. The highest BCUT2D eigenvalue weighted by Gasteiger charge is 2.32. The van der Waals surface area contributed by atoms with E-state index >= 15 is 0 Å². The third kappa shape index (κ3) is 6.25. The maximum atomic E-state index is 12.6.